The highest BCUT2D eigenvalue weighted by Gasteiger charge is 2.35. The lowest BCUT2D eigenvalue weighted by molar-refractivity contribution is -0.137. The number of hydrogen-bond donors (Lipinski definition) is 1. The molecule has 1 fully saturated rings. The van der Waals surface area contributed by atoms with Gasteiger partial charge in [-0.3, -0.25) is 9.59 Å². The van der Waals surface area contributed by atoms with Gasteiger partial charge in [0.25, 0.3) is 5.91 Å². The van der Waals surface area contributed by atoms with Crippen LogP contribution in [0.25, 0.3) is 0 Å². The zero-order chi connectivity index (χ0) is 17.1. The normalized spacial score (nSPS) is 13.5. The fourth-order valence-corrected chi connectivity index (χ4v) is 2.56. The van der Waals surface area contributed by atoms with Gasteiger partial charge in [0, 0.05) is 10.5 Å². The molecule has 2 aromatic rings. The number of carbonyl (C=O) groups excluding carboxylic acids is 1. The van der Waals surface area contributed by atoms with E-state index in [2.05, 4.69) is 15.9 Å². The highest BCUT2D eigenvalue weighted by atomic mass is 79.9. The molecule has 1 aliphatic carbocycles. The number of hydrogen-bond acceptors (Lipinski definition) is 4. The molecule has 1 heterocycles. The van der Waals surface area contributed by atoms with E-state index >= 15 is 0 Å². The predicted molar refractivity (Wildman–Crippen MR) is 88.9 cm³/mol. The van der Waals surface area contributed by atoms with E-state index in [4.69, 9.17) is 14.3 Å². The van der Waals surface area contributed by atoms with Crippen LogP contribution in [0.1, 0.15) is 29.2 Å². The molecule has 1 aromatic carbocycles. The number of nitrogens with zero attached hydrogens (tertiary/aromatic N) is 1. The lowest BCUT2D eigenvalue weighted by atomic mass is 10.3. The minimum Gasteiger partial charge on any atom is -0.486 e. The van der Waals surface area contributed by atoms with Crippen molar-refractivity contribution in [3.05, 3.63) is 52.4 Å². The van der Waals surface area contributed by atoms with Crippen molar-refractivity contribution in [1.29, 1.82) is 0 Å². The van der Waals surface area contributed by atoms with Crippen molar-refractivity contribution in [1.82, 2.24) is 4.90 Å². The maximum atomic E-state index is 12.4. The molecule has 0 unspecified atom stereocenters. The van der Waals surface area contributed by atoms with Crippen molar-refractivity contribution in [2.45, 2.75) is 25.5 Å². The number of ether oxygens (including phenoxy) is 1. The first-order valence-electron chi connectivity index (χ1n) is 7.53. The van der Waals surface area contributed by atoms with Gasteiger partial charge < -0.3 is 19.2 Å². The Balaban J connectivity index is 1.62. The summed E-state index contributed by atoms with van der Waals surface area (Å²) >= 11 is 3.35. The van der Waals surface area contributed by atoms with Crippen molar-refractivity contribution in [2.75, 3.05) is 6.54 Å². The van der Waals surface area contributed by atoms with Gasteiger partial charge in [-0.2, -0.15) is 0 Å². The van der Waals surface area contributed by atoms with Gasteiger partial charge in [-0.25, -0.2) is 0 Å². The second kappa shape index (κ2) is 7.09. The fraction of sp³-hybridized carbons (Fsp3) is 0.294. The van der Waals surface area contributed by atoms with Crippen molar-refractivity contribution in [2.24, 2.45) is 0 Å². The molecule has 1 N–H and O–H groups in total. The van der Waals surface area contributed by atoms with Gasteiger partial charge in [0.1, 0.15) is 24.7 Å². The summed E-state index contributed by atoms with van der Waals surface area (Å²) in [4.78, 5) is 24.7. The van der Waals surface area contributed by atoms with Gasteiger partial charge in [0.15, 0.2) is 5.76 Å². The summed E-state index contributed by atoms with van der Waals surface area (Å²) in [6.45, 7) is -0.119. The fourth-order valence-electron chi connectivity index (χ4n) is 2.30. The second-order valence-corrected chi connectivity index (χ2v) is 6.48. The van der Waals surface area contributed by atoms with Crippen LogP contribution in [0.15, 0.2) is 45.3 Å². The Bertz CT molecular complexity index is 736. The van der Waals surface area contributed by atoms with Crippen LogP contribution < -0.4 is 4.74 Å². The van der Waals surface area contributed by atoms with E-state index in [0.717, 1.165) is 17.3 Å². The minimum absolute atomic E-state index is 0.00108. The van der Waals surface area contributed by atoms with Crippen LogP contribution in [-0.2, 0) is 11.4 Å². The first kappa shape index (κ1) is 16.6. The smallest absolute Gasteiger partial charge is 0.323 e. The molecule has 1 saturated carbocycles. The van der Waals surface area contributed by atoms with Crippen LogP contribution >= 0.6 is 15.9 Å². The van der Waals surface area contributed by atoms with Gasteiger partial charge >= 0.3 is 5.97 Å². The SMILES string of the molecule is O=C(O)CN(C(=O)c1ccc(COc2ccc(Br)cc2)o1)C1CC1. The molecule has 1 amide bonds. The van der Waals surface area contributed by atoms with Crippen LogP contribution in [0.5, 0.6) is 5.75 Å². The maximum Gasteiger partial charge on any atom is 0.323 e. The summed E-state index contributed by atoms with van der Waals surface area (Å²) in [6.07, 6.45) is 1.67. The lowest BCUT2D eigenvalue weighted by Crippen LogP contribution is -2.37. The molecule has 24 heavy (non-hydrogen) atoms. The van der Waals surface area contributed by atoms with Gasteiger partial charge in [0.2, 0.25) is 0 Å². The Morgan fingerprint density at radius 2 is 1.92 bits per heavy atom. The number of rotatable bonds is 7. The van der Waals surface area contributed by atoms with E-state index in [1.54, 1.807) is 12.1 Å². The molecule has 0 atom stereocenters. The van der Waals surface area contributed by atoms with E-state index in [1.807, 2.05) is 24.3 Å². The summed E-state index contributed by atoms with van der Waals surface area (Å²) in [5.74, 6) is -0.0896. The third kappa shape index (κ3) is 4.17. The Labute approximate surface area is 147 Å². The van der Waals surface area contributed by atoms with E-state index in [1.165, 1.54) is 4.90 Å². The van der Waals surface area contributed by atoms with Crippen LogP contribution in [0, 0.1) is 0 Å². The van der Waals surface area contributed by atoms with Crippen LogP contribution in [0.3, 0.4) is 0 Å². The third-order valence-corrected chi connectivity index (χ3v) is 4.15. The molecule has 1 aromatic heterocycles. The summed E-state index contributed by atoms with van der Waals surface area (Å²) < 4.78 is 12.1. The molecular weight excluding hydrogens is 378 g/mol. The molecule has 6 nitrogen and oxygen atoms in total. The van der Waals surface area contributed by atoms with Crippen molar-refractivity contribution in [3.8, 4) is 5.75 Å². The second-order valence-electron chi connectivity index (χ2n) is 5.57. The molecule has 0 aliphatic heterocycles. The Morgan fingerprint density at radius 3 is 2.54 bits per heavy atom. The molecule has 3 rings (SSSR count). The Hall–Kier alpha value is -2.28. The standard InChI is InChI=1S/C17H16BrNO5/c18-11-1-5-13(6-2-11)23-10-14-7-8-15(24-14)17(22)19(9-16(20)21)12-3-4-12/h1-2,5-8,12H,3-4,9-10H2,(H,20,21). The number of carboxylic acid groups (broad SMARTS) is 1. The Kier molecular flexibility index (Phi) is 4.89. The van der Waals surface area contributed by atoms with Crippen molar-refractivity contribution in [3.63, 3.8) is 0 Å². The summed E-state index contributed by atoms with van der Waals surface area (Å²) in [6, 6.07) is 10.6. The van der Waals surface area contributed by atoms with Crippen molar-refractivity contribution >= 4 is 27.8 Å². The number of halogens is 1. The maximum absolute atomic E-state index is 12.4. The average molecular weight is 394 g/mol. The average Bonchev–Trinajstić information content (AvgIpc) is 3.29. The number of furan rings is 1. The van der Waals surface area contributed by atoms with E-state index < -0.39 is 11.9 Å². The molecular formula is C17H16BrNO5. The first-order valence-corrected chi connectivity index (χ1v) is 8.32. The molecule has 1 aliphatic rings. The van der Waals surface area contributed by atoms with E-state index in [0.29, 0.717) is 11.5 Å². The van der Waals surface area contributed by atoms with Gasteiger partial charge in [-0.1, -0.05) is 15.9 Å². The lowest BCUT2D eigenvalue weighted by Gasteiger charge is -2.18. The predicted octanol–water partition coefficient (Wildman–Crippen LogP) is 3.31. The summed E-state index contributed by atoms with van der Waals surface area (Å²) in [5, 5.41) is 8.94. The zero-order valence-electron chi connectivity index (χ0n) is 12.8. The monoisotopic (exact) mass is 393 g/mol. The summed E-state index contributed by atoms with van der Waals surface area (Å²) in [5.41, 5.74) is 0. The molecule has 126 valence electrons. The highest BCUT2D eigenvalue weighted by molar-refractivity contribution is 9.10. The molecule has 0 spiro atoms. The summed E-state index contributed by atoms with van der Waals surface area (Å²) in [7, 11) is 0. The zero-order valence-corrected chi connectivity index (χ0v) is 14.4. The largest absolute Gasteiger partial charge is 0.486 e. The highest BCUT2D eigenvalue weighted by Crippen LogP contribution is 2.28. The number of carboxylic acids is 1. The number of benzene rings is 1. The number of carbonyl (C=O) groups is 2. The Morgan fingerprint density at radius 1 is 1.21 bits per heavy atom. The molecule has 0 saturated heterocycles. The van der Waals surface area contributed by atoms with Gasteiger partial charge in [-0.05, 0) is 49.2 Å². The molecule has 0 radical (unpaired) electrons. The van der Waals surface area contributed by atoms with Gasteiger partial charge in [0.05, 0.1) is 0 Å². The number of amides is 1. The van der Waals surface area contributed by atoms with Gasteiger partial charge in [-0.15, -0.1) is 0 Å². The minimum atomic E-state index is -1.03. The van der Waals surface area contributed by atoms with E-state index in [-0.39, 0.29) is 25.0 Å². The molecule has 7 heteroatoms. The van der Waals surface area contributed by atoms with E-state index in [9.17, 15) is 9.59 Å². The quantitative estimate of drug-likeness (QED) is 0.780. The third-order valence-electron chi connectivity index (χ3n) is 3.62. The topological polar surface area (TPSA) is 80.0 Å². The van der Waals surface area contributed by atoms with Crippen LogP contribution in [0.2, 0.25) is 0 Å². The molecule has 0 bridgehead atoms. The van der Waals surface area contributed by atoms with Crippen molar-refractivity contribution < 1.29 is 23.8 Å². The first-order chi connectivity index (χ1) is 11.5. The van der Waals surface area contributed by atoms with Crippen LogP contribution in [0.4, 0.5) is 0 Å². The van der Waals surface area contributed by atoms with Crippen LogP contribution in [-0.4, -0.2) is 34.5 Å². The number of aliphatic carboxylic acids is 1.